The van der Waals surface area contributed by atoms with Crippen molar-refractivity contribution < 1.29 is 14.3 Å². The third-order valence-corrected chi connectivity index (χ3v) is 6.35. The van der Waals surface area contributed by atoms with Gasteiger partial charge < -0.3 is 14.4 Å². The Morgan fingerprint density at radius 3 is 2.70 bits per heavy atom. The normalized spacial score (nSPS) is 20.9. The van der Waals surface area contributed by atoms with Gasteiger partial charge in [-0.2, -0.15) is 5.10 Å². The highest BCUT2D eigenvalue weighted by Crippen LogP contribution is 2.36. The highest BCUT2D eigenvalue weighted by molar-refractivity contribution is 5.77. The Morgan fingerprint density at radius 2 is 1.97 bits per heavy atom. The van der Waals surface area contributed by atoms with Crippen LogP contribution in [0.3, 0.4) is 0 Å². The van der Waals surface area contributed by atoms with Crippen molar-refractivity contribution in [2.24, 2.45) is 11.8 Å². The molecule has 0 radical (unpaired) electrons. The number of hydrogen-bond donors (Lipinski definition) is 0. The summed E-state index contributed by atoms with van der Waals surface area (Å²) in [6.07, 6.45) is 8.97. The number of aromatic nitrogens is 4. The molecule has 0 atom stereocenters. The van der Waals surface area contributed by atoms with Crippen LogP contribution in [0.15, 0.2) is 36.8 Å². The fraction of sp³-hybridized carbons (Fsp3) is 0.480. The van der Waals surface area contributed by atoms with Crippen molar-refractivity contribution in [1.82, 2.24) is 24.6 Å². The number of fused-ring (bicyclic) bond motifs is 1. The maximum atomic E-state index is 12.1. The van der Waals surface area contributed by atoms with Crippen LogP contribution in [0.1, 0.15) is 45.2 Å². The van der Waals surface area contributed by atoms with Gasteiger partial charge in [-0.3, -0.25) is 9.67 Å². The van der Waals surface area contributed by atoms with Crippen LogP contribution in [-0.2, 0) is 16.0 Å². The molecule has 1 aromatic carbocycles. The van der Waals surface area contributed by atoms with Crippen molar-refractivity contribution >= 4 is 23.4 Å². The predicted octanol–water partition coefficient (Wildman–Crippen LogP) is 4.05. The molecule has 0 unspecified atom stereocenters. The van der Waals surface area contributed by atoms with Crippen molar-refractivity contribution in [1.29, 1.82) is 0 Å². The van der Waals surface area contributed by atoms with E-state index in [9.17, 15) is 9.59 Å². The van der Waals surface area contributed by atoms with Crippen molar-refractivity contribution in [3.63, 3.8) is 0 Å². The summed E-state index contributed by atoms with van der Waals surface area (Å²) in [5, 5.41) is 4.47. The molecule has 8 heteroatoms. The molecule has 1 saturated heterocycles. The van der Waals surface area contributed by atoms with E-state index < -0.39 is 5.60 Å². The molecule has 1 saturated carbocycles. The molecule has 2 aromatic heterocycles. The highest BCUT2D eigenvalue weighted by atomic mass is 16.6. The molecule has 172 valence electrons. The van der Waals surface area contributed by atoms with Crippen molar-refractivity contribution in [3.8, 4) is 11.3 Å². The first-order chi connectivity index (χ1) is 15.8. The zero-order chi connectivity index (χ0) is 23.2. The molecule has 0 bridgehead atoms. The second kappa shape index (κ2) is 8.24. The molecular weight excluding hydrogens is 418 g/mol. The number of carbonyl (C=O) groups excluding carboxylic acids is 2. The van der Waals surface area contributed by atoms with Crippen molar-refractivity contribution in [3.05, 3.63) is 42.4 Å². The lowest BCUT2D eigenvalue weighted by Gasteiger charge is -2.39. The van der Waals surface area contributed by atoms with E-state index in [0.717, 1.165) is 47.8 Å². The standard InChI is InChI=1S/C25H29N5O3/c1-25(2,3)33-24(32)29-12-18(13-29)6-16-4-5-21-22(9-16)28-23(11-26-21)19-10-27-30(14-19)20-7-17(8-20)15-31/h4-5,9-11,14-15,17-18,20H,6-8,12-13H2,1-3H3. The van der Waals surface area contributed by atoms with Crippen LogP contribution in [0.25, 0.3) is 22.3 Å². The first kappa shape index (κ1) is 21.6. The summed E-state index contributed by atoms with van der Waals surface area (Å²) in [4.78, 5) is 34.2. The van der Waals surface area contributed by atoms with Gasteiger partial charge in [0.05, 0.1) is 35.2 Å². The maximum Gasteiger partial charge on any atom is 0.410 e. The Balaban J connectivity index is 1.24. The summed E-state index contributed by atoms with van der Waals surface area (Å²) in [6, 6.07) is 6.47. The van der Waals surface area contributed by atoms with Gasteiger partial charge in [0.25, 0.3) is 0 Å². The molecule has 33 heavy (non-hydrogen) atoms. The lowest BCUT2D eigenvalue weighted by molar-refractivity contribution is -0.114. The smallest absolute Gasteiger partial charge is 0.410 e. The minimum Gasteiger partial charge on any atom is -0.444 e. The van der Waals surface area contributed by atoms with Crippen LogP contribution in [0.2, 0.25) is 0 Å². The third-order valence-electron chi connectivity index (χ3n) is 6.35. The Morgan fingerprint density at radius 1 is 1.18 bits per heavy atom. The molecule has 3 aromatic rings. The molecule has 1 amide bonds. The van der Waals surface area contributed by atoms with E-state index in [1.165, 1.54) is 5.56 Å². The Bertz CT molecular complexity index is 1190. The highest BCUT2D eigenvalue weighted by Gasteiger charge is 2.33. The van der Waals surface area contributed by atoms with E-state index in [-0.39, 0.29) is 18.1 Å². The lowest BCUT2D eigenvalue weighted by atomic mass is 9.81. The molecule has 0 spiro atoms. The molecule has 1 aliphatic heterocycles. The van der Waals surface area contributed by atoms with Gasteiger partial charge in [0.1, 0.15) is 11.9 Å². The van der Waals surface area contributed by atoms with E-state index in [0.29, 0.717) is 19.0 Å². The number of aldehydes is 1. The second-order valence-corrected chi connectivity index (χ2v) is 10.3. The molecule has 0 N–H and O–H groups in total. The van der Waals surface area contributed by atoms with Gasteiger partial charge >= 0.3 is 6.09 Å². The Hall–Kier alpha value is -3.29. The minimum absolute atomic E-state index is 0.161. The van der Waals surface area contributed by atoms with E-state index in [1.807, 2.05) is 43.9 Å². The number of benzene rings is 1. The first-order valence-electron chi connectivity index (χ1n) is 11.5. The van der Waals surface area contributed by atoms with Gasteiger partial charge in [-0.25, -0.2) is 9.78 Å². The first-order valence-corrected chi connectivity index (χ1v) is 11.5. The monoisotopic (exact) mass is 447 g/mol. The largest absolute Gasteiger partial charge is 0.444 e. The quantitative estimate of drug-likeness (QED) is 0.548. The number of hydrogen-bond acceptors (Lipinski definition) is 6. The second-order valence-electron chi connectivity index (χ2n) is 10.3. The molecular formula is C25H29N5O3. The van der Waals surface area contributed by atoms with Crippen LogP contribution in [0.5, 0.6) is 0 Å². The number of ether oxygens (including phenoxy) is 1. The van der Waals surface area contributed by atoms with Crippen LogP contribution in [0, 0.1) is 11.8 Å². The summed E-state index contributed by atoms with van der Waals surface area (Å²) in [6.45, 7) is 7.07. The van der Waals surface area contributed by atoms with Crippen molar-refractivity contribution in [2.45, 2.75) is 51.7 Å². The fourth-order valence-electron chi connectivity index (χ4n) is 4.46. The summed E-state index contributed by atoms with van der Waals surface area (Å²) in [7, 11) is 0. The topological polar surface area (TPSA) is 90.2 Å². The zero-order valence-corrected chi connectivity index (χ0v) is 19.3. The average molecular weight is 448 g/mol. The number of carbonyl (C=O) groups is 2. The minimum atomic E-state index is -0.469. The molecule has 8 nitrogen and oxygen atoms in total. The molecule has 3 heterocycles. The lowest BCUT2D eigenvalue weighted by Crippen LogP contribution is -2.52. The van der Waals surface area contributed by atoms with Crippen molar-refractivity contribution in [2.75, 3.05) is 13.1 Å². The van der Waals surface area contributed by atoms with Gasteiger partial charge in [-0.15, -0.1) is 0 Å². The third kappa shape index (κ3) is 4.60. The predicted molar refractivity (Wildman–Crippen MR) is 124 cm³/mol. The molecule has 2 fully saturated rings. The van der Waals surface area contributed by atoms with Crippen LogP contribution in [-0.4, -0.2) is 55.7 Å². The van der Waals surface area contributed by atoms with E-state index in [2.05, 4.69) is 22.2 Å². The molecule has 2 aliphatic rings. The number of amides is 1. The summed E-state index contributed by atoms with van der Waals surface area (Å²) >= 11 is 0. The van der Waals surface area contributed by atoms with Gasteiger partial charge in [0.15, 0.2) is 0 Å². The number of likely N-dealkylation sites (tertiary alicyclic amines) is 1. The van der Waals surface area contributed by atoms with Crippen LogP contribution < -0.4 is 0 Å². The van der Waals surface area contributed by atoms with Gasteiger partial charge in [-0.1, -0.05) is 6.07 Å². The fourth-order valence-corrected chi connectivity index (χ4v) is 4.46. The summed E-state index contributed by atoms with van der Waals surface area (Å²) in [5.74, 6) is 0.579. The van der Waals surface area contributed by atoms with E-state index >= 15 is 0 Å². The summed E-state index contributed by atoms with van der Waals surface area (Å²) in [5.41, 5.74) is 4.14. The number of rotatable bonds is 5. The van der Waals surface area contributed by atoms with E-state index in [4.69, 9.17) is 9.72 Å². The summed E-state index contributed by atoms with van der Waals surface area (Å²) < 4.78 is 7.37. The Kier molecular flexibility index (Phi) is 5.38. The Labute approximate surface area is 193 Å². The maximum absolute atomic E-state index is 12.1. The van der Waals surface area contributed by atoms with E-state index in [1.54, 1.807) is 11.1 Å². The molecule has 5 rings (SSSR count). The van der Waals surface area contributed by atoms with Crippen LogP contribution >= 0.6 is 0 Å². The van der Waals surface area contributed by atoms with Gasteiger partial charge in [0.2, 0.25) is 0 Å². The SMILES string of the molecule is CC(C)(C)OC(=O)N1CC(Cc2ccc3ncc(-c4cnn(C5CC(C=O)C5)c4)nc3c2)C1. The average Bonchev–Trinajstić information content (AvgIpc) is 3.17. The number of nitrogens with zero attached hydrogens (tertiary/aromatic N) is 5. The van der Waals surface area contributed by atoms with Gasteiger partial charge in [0, 0.05) is 30.8 Å². The van der Waals surface area contributed by atoms with Crippen LogP contribution in [0.4, 0.5) is 4.79 Å². The molecule has 1 aliphatic carbocycles. The van der Waals surface area contributed by atoms with Gasteiger partial charge in [-0.05, 0) is 63.6 Å². The zero-order valence-electron chi connectivity index (χ0n) is 19.3.